The molecule has 8 heteroatoms. The quantitative estimate of drug-likeness (QED) is 0.720. The van der Waals surface area contributed by atoms with Gasteiger partial charge in [-0.25, -0.2) is 8.42 Å². The van der Waals surface area contributed by atoms with Crippen molar-refractivity contribution in [3.05, 3.63) is 59.2 Å². The standard InChI is InChI=1S/C23H27N3O4S/c1-15-5-12-20(14-16(15)2)31(29,30)25-19-8-6-17(7-9-19)23(28)26-13-3-4-21(26)22(27)24-18-10-11-18/h5-9,12,14,18,21,25H,3-4,10-11,13H2,1-2H3,(H,24,27)/t21-/m1/s1. The van der Waals surface area contributed by atoms with Crippen LogP contribution in [0.4, 0.5) is 5.69 Å². The summed E-state index contributed by atoms with van der Waals surface area (Å²) in [6, 6.07) is 11.1. The van der Waals surface area contributed by atoms with Gasteiger partial charge in [-0.15, -0.1) is 0 Å². The van der Waals surface area contributed by atoms with Crippen LogP contribution < -0.4 is 10.0 Å². The molecule has 2 aliphatic rings. The maximum absolute atomic E-state index is 13.0. The first-order chi connectivity index (χ1) is 14.7. The van der Waals surface area contributed by atoms with Crippen LogP contribution in [-0.4, -0.2) is 43.8 Å². The number of rotatable bonds is 6. The van der Waals surface area contributed by atoms with Crippen LogP contribution in [0.3, 0.4) is 0 Å². The minimum absolute atomic E-state index is 0.0777. The average molecular weight is 442 g/mol. The van der Waals surface area contributed by atoms with Gasteiger partial charge in [-0.2, -0.15) is 0 Å². The lowest BCUT2D eigenvalue weighted by Gasteiger charge is -2.24. The van der Waals surface area contributed by atoms with Crippen molar-refractivity contribution in [2.24, 2.45) is 0 Å². The molecule has 2 fully saturated rings. The highest BCUT2D eigenvalue weighted by atomic mass is 32.2. The van der Waals surface area contributed by atoms with Crippen LogP contribution in [-0.2, 0) is 14.8 Å². The van der Waals surface area contributed by atoms with Crippen LogP contribution in [0.15, 0.2) is 47.4 Å². The highest BCUT2D eigenvalue weighted by Gasteiger charge is 2.36. The molecule has 1 heterocycles. The zero-order valence-corrected chi connectivity index (χ0v) is 18.5. The molecule has 4 rings (SSSR count). The van der Waals surface area contributed by atoms with Crippen LogP contribution in [0.2, 0.25) is 0 Å². The number of benzene rings is 2. The van der Waals surface area contributed by atoms with Gasteiger partial charge in [0.05, 0.1) is 4.90 Å². The minimum Gasteiger partial charge on any atom is -0.352 e. The molecule has 164 valence electrons. The van der Waals surface area contributed by atoms with Crippen molar-refractivity contribution >= 4 is 27.5 Å². The van der Waals surface area contributed by atoms with Gasteiger partial charge in [-0.05, 0) is 87.1 Å². The fraction of sp³-hybridized carbons (Fsp3) is 0.391. The largest absolute Gasteiger partial charge is 0.352 e. The number of anilines is 1. The van der Waals surface area contributed by atoms with Crippen molar-refractivity contribution in [1.82, 2.24) is 10.2 Å². The van der Waals surface area contributed by atoms with E-state index in [2.05, 4.69) is 10.0 Å². The first-order valence-corrected chi connectivity index (χ1v) is 12.0. The lowest BCUT2D eigenvalue weighted by atomic mass is 10.1. The maximum atomic E-state index is 13.0. The molecule has 1 aliphatic heterocycles. The molecule has 1 aliphatic carbocycles. The first-order valence-electron chi connectivity index (χ1n) is 10.6. The van der Waals surface area contributed by atoms with Gasteiger partial charge in [0, 0.05) is 23.8 Å². The normalized spacial score (nSPS) is 18.6. The van der Waals surface area contributed by atoms with E-state index in [1.54, 1.807) is 47.4 Å². The lowest BCUT2D eigenvalue weighted by molar-refractivity contribution is -0.125. The Morgan fingerprint density at radius 1 is 0.968 bits per heavy atom. The molecule has 7 nitrogen and oxygen atoms in total. The summed E-state index contributed by atoms with van der Waals surface area (Å²) in [6.45, 7) is 4.34. The molecule has 2 N–H and O–H groups in total. The van der Waals surface area contributed by atoms with Crippen molar-refractivity contribution in [2.45, 2.75) is 56.5 Å². The van der Waals surface area contributed by atoms with E-state index in [1.165, 1.54) is 0 Å². The molecular weight excluding hydrogens is 414 g/mol. The summed E-state index contributed by atoms with van der Waals surface area (Å²) in [7, 11) is -3.73. The number of hydrogen-bond donors (Lipinski definition) is 2. The molecule has 1 saturated heterocycles. The number of carbonyl (C=O) groups is 2. The number of nitrogens with one attached hydrogen (secondary N) is 2. The van der Waals surface area contributed by atoms with Gasteiger partial charge in [0.1, 0.15) is 6.04 Å². The van der Waals surface area contributed by atoms with E-state index >= 15 is 0 Å². The van der Waals surface area contributed by atoms with Gasteiger partial charge < -0.3 is 10.2 Å². The average Bonchev–Trinajstić information content (AvgIpc) is 3.41. The lowest BCUT2D eigenvalue weighted by Crippen LogP contribution is -2.46. The van der Waals surface area contributed by atoms with Gasteiger partial charge in [0.25, 0.3) is 15.9 Å². The SMILES string of the molecule is Cc1ccc(S(=O)(=O)Nc2ccc(C(=O)N3CCC[C@@H]3C(=O)NC3CC3)cc2)cc1C. The maximum Gasteiger partial charge on any atom is 0.261 e. The second kappa shape index (κ2) is 8.34. The molecule has 2 aromatic rings. The van der Waals surface area contributed by atoms with Gasteiger partial charge in [-0.3, -0.25) is 14.3 Å². The Kier molecular flexibility index (Phi) is 5.75. The molecule has 0 aromatic heterocycles. The Bertz CT molecular complexity index is 1110. The second-order valence-corrected chi connectivity index (χ2v) is 10.1. The first kappa shape index (κ1) is 21.4. The summed E-state index contributed by atoms with van der Waals surface area (Å²) in [5.74, 6) is -0.289. The molecule has 31 heavy (non-hydrogen) atoms. The van der Waals surface area contributed by atoms with Gasteiger partial charge in [0.15, 0.2) is 0 Å². The fourth-order valence-corrected chi connectivity index (χ4v) is 4.89. The number of carbonyl (C=O) groups excluding carboxylic acids is 2. The Morgan fingerprint density at radius 3 is 2.32 bits per heavy atom. The Morgan fingerprint density at radius 2 is 1.68 bits per heavy atom. The van der Waals surface area contributed by atoms with E-state index in [4.69, 9.17) is 0 Å². The Labute approximate surface area is 182 Å². The molecule has 2 aromatic carbocycles. The Balaban J connectivity index is 1.45. The van der Waals surface area contributed by atoms with Gasteiger partial charge >= 0.3 is 0 Å². The van der Waals surface area contributed by atoms with Crippen molar-refractivity contribution in [1.29, 1.82) is 0 Å². The zero-order chi connectivity index (χ0) is 22.2. The summed E-state index contributed by atoms with van der Waals surface area (Å²) in [5.41, 5.74) is 2.72. The van der Waals surface area contributed by atoms with Crippen LogP contribution in [0.5, 0.6) is 0 Å². The predicted octanol–water partition coefficient (Wildman–Crippen LogP) is 2.99. The molecule has 0 spiro atoms. The number of sulfonamides is 1. The number of hydrogen-bond acceptors (Lipinski definition) is 4. The smallest absolute Gasteiger partial charge is 0.261 e. The highest BCUT2D eigenvalue weighted by molar-refractivity contribution is 7.92. The number of likely N-dealkylation sites (tertiary alicyclic amines) is 1. The molecule has 1 atom stereocenters. The van der Waals surface area contributed by atoms with Crippen LogP contribution in [0, 0.1) is 13.8 Å². The number of nitrogens with zero attached hydrogens (tertiary/aromatic N) is 1. The predicted molar refractivity (Wildman–Crippen MR) is 118 cm³/mol. The summed E-state index contributed by atoms with van der Waals surface area (Å²) >= 11 is 0. The van der Waals surface area contributed by atoms with Crippen LogP contribution >= 0.6 is 0 Å². The van der Waals surface area contributed by atoms with E-state index in [-0.39, 0.29) is 22.8 Å². The van der Waals surface area contributed by atoms with Crippen molar-refractivity contribution < 1.29 is 18.0 Å². The van der Waals surface area contributed by atoms with Crippen LogP contribution in [0.1, 0.15) is 47.2 Å². The summed E-state index contributed by atoms with van der Waals surface area (Å²) in [5, 5.41) is 2.98. The third-order valence-corrected chi connectivity index (χ3v) is 7.29. The molecule has 1 saturated carbocycles. The van der Waals surface area contributed by atoms with Crippen molar-refractivity contribution in [2.75, 3.05) is 11.3 Å². The van der Waals surface area contributed by atoms with Gasteiger partial charge in [-0.1, -0.05) is 6.07 Å². The zero-order valence-electron chi connectivity index (χ0n) is 17.7. The van der Waals surface area contributed by atoms with E-state index in [0.29, 0.717) is 24.2 Å². The van der Waals surface area contributed by atoms with Crippen molar-refractivity contribution in [3.63, 3.8) is 0 Å². The van der Waals surface area contributed by atoms with Crippen molar-refractivity contribution in [3.8, 4) is 0 Å². The third-order valence-electron chi connectivity index (χ3n) is 5.91. The molecule has 0 bridgehead atoms. The second-order valence-electron chi connectivity index (χ2n) is 8.37. The topological polar surface area (TPSA) is 95.6 Å². The van der Waals surface area contributed by atoms with E-state index in [0.717, 1.165) is 30.4 Å². The van der Waals surface area contributed by atoms with Gasteiger partial charge in [0.2, 0.25) is 5.91 Å². The third kappa shape index (κ3) is 4.74. The van der Waals surface area contributed by atoms with E-state index in [9.17, 15) is 18.0 Å². The summed E-state index contributed by atoms with van der Waals surface area (Å²) in [4.78, 5) is 27.2. The molecule has 0 unspecified atom stereocenters. The van der Waals surface area contributed by atoms with Crippen LogP contribution in [0.25, 0.3) is 0 Å². The number of aryl methyl sites for hydroxylation is 2. The highest BCUT2D eigenvalue weighted by Crippen LogP contribution is 2.25. The van der Waals surface area contributed by atoms with E-state index in [1.807, 2.05) is 13.8 Å². The fourth-order valence-electron chi connectivity index (χ4n) is 3.75. The molecule has 2 amide bonds. The minimum atomic E-state index is -3.73. The number of amides is 2. The summed E-state index contributed by atoms with van der Waals surface area (Å²) < 4.78 is 27.9. The summed E-state index contributed by atoms with van der Waals surface area (Å²) in [6.07, 6.45) is 3.47. The molecular formula is C23H27N3O4S. The monoisotopic (exact) mass is 441 g/mol. The Hall–Kier alpha value is -2.87. The molecule has 0 radical (unpaired) electrons. The van der Waals surface area contributed by atoms with E-state index < -0.39 is 16.1 Å².